The number of carbonyl (C=O) groups excluding carboxylic acids is 1. The first-order valence-corrected chi connectivity index (χ1v) is 2.99. The monoisotopic (exact) mass is 129 g/mol. The molecule has 0 aromatic rings. The van der Waals surface area contributed by atoms with Gasteiger partial charge in [0.25, 0.3) is 0 Å². The topological polar surface area (TPSA) is 67.2 Å². The molecule has 2 atom stereocenters. The van der Waals surface area contributed by atoms with Crippen LogP contribution in [0.2, 0.25) is 0 Å². The highest BCUT2D eigenvalue weighted by Crippen LogP contribution is 1.95. The summed E-state index contributed by atoms with van der Waals surface area (Å²) in [6, 6.07) is 0.203. The molecular formula is C5H11N3O. The van der Waals surface area contributed by atoms with Crippen LogP contribution < -0.4 is 16.4 Å². The summed E-state index contributed by atoms with van der Waals surface area (Å²) in [7, 11) is 0. The first-order valence-electron chi connectivity index (χ1n) is 2.99. The van der Waals surface area contributed by atoms with Crippen LogP contribution in [0.15, 0.2) is 0 Å². The van der Waals surface area contributed by atoms with Gasteiger partial charge in [-0.15, -0.1) is 0 Å². The van der Waals surface area contributed by atoms with Gasteiger partial charge in [0.1, 0.15) is 6.29 Å². The lowest BCUT2D eigenvalue weighted by Crippen LogP contribution is -2.59. The summed E-state index contributed by atoms with van der Waals surface area (Å²) in [4.78, 5) is 10.7. The smallest absolute Gasteiger partial charge is 0.223 e. The predicted molar refractivity (Wildman–Crippen MR) is 33.3 cm³/mol. The van der Waals surface area contributed by atoms with E-state index in [4.69, 9.17) is 5.73 Å². The molecule has 52 valence electrons. The molecule has 0 radical (unpaired) electrons. The molecule has 0 aromatic heterocycles. The summed E-state index contributed by atoms with van der Waals surface area (Å²) in [6.07, 6.45) is 0.162. The van der Waals surface area contributed by atoms with Crippen LogP contribution in [0.1, 0.15) is 13.3 Å². The van der Waals surface area contributed by atoms with Crippen molar-refractivity contribution in [2.45, 2.75) is 25.7 Å². The van der Waals surface area contributed by atoms with Gasteiger partial charge in [0.15, 0.2) is 0 Å². The Kier molecular flexibility index (Phi) is 1.68. The predicted octanol–water partition coefficient (Wildman–Crippen LogP) is -1.27. The summed E-state index contributed by atoms with van der Waals surface area (Å²) >= 11 is 0. The molecule has 1 aliphatic rings. The van der Waals surface area contributed by atoms with E-state index in [2.05, 4.69) is 10.6 Å². The van der Waals surface area contributed by atoms with Crippen LogP contribution in [0.3, 0.4) is 0 Å². The minimum atomic E-state index is -0.360. The second-order valence-electron chi connectivity index (χ2n) is 2.32. The molecule has 1 saturated heterocycles. The zero-order valence-electron chi connectivity index (χ0n) is 5.35. The minimum Gasteiger partial charge on any atom is -0.328 e. The Bertz CT molecular complexity index is 113. The van der Waals surface area contributed by atoms with Crippen LogP contribution >= 0.6 is 0 Å². The zero-order valence-corrected chi connectivity index (χ0v) is 5.35. The van der Waals surface area contributed by atoms with Crippen molar-refractivity contribution >= 4 is 5.91 Å². The molecule has 2 unspecified atom stereocenters. The van der Waals surface area contributed by atoms with Crippen molar-refractivity contribution in [3.8, 4) is 0 Å². The fraction of sp³-hybridized carbons (Fsp3) is 0.800. The molecule has 1 heterocycles. The lowest BCUT2D eigenvalue weighted by Gasteiger charge is -2.26. The maximum absolute atomic E-state index is 10.7. The van der Waals surface area contributed by atoms with Gasteiger partial charge >= 0.3 is 0 Å². The van der Waals surface area contributed by atoms with Gasteiger partial charge in [-0.25, -0.2) is 0 Å². The average molecular weight is 129 g/mol. The SMILES string of the molecule is CC1CC(=O)NC(N)N1. The standard InChI is InChI=1S/C5H11N3O/c1-3-2-4(9)8-5(6)7-3/h3,5,7H,2,6H2,1H3,(H,8,9). The Morgan fingerprint density at radius 2 is 2.44 bits per heavy atom. The van der Waals surface area contributed by atoms with Crippen LogP contribution in [0.25, 0.3) is 0 Å². The summed E-state index contributed by atoms with van der Waals surface area (Å²) in [5.41, 5.74) is 5.37. The van der Waals surface area contributed by atoms with E-state index in [0.29, 0.717) is 6.42 Å². The van der Waals surface area contributed by atoms with Gasteiger partial charge in [0.2, 0.25) is 5.91 Å². The number of nitrogens with two attached hydrogens (primary N) is 1. The Balaban J connectivity index is 2.43. The van der Waals surface area contributed by atoms with E-state index in [1.54, 1.807) is 0 Å². The molecular weight excluding hydrogens is 118 g/mol. The highest BCUT2D eigenvalue weighted by Gasteiger charge is 2.18. The van der Waals surface area contributed by atoms with Crippen LogP contribution in [0, 0.1) is 0 Å². The van der Waals surface area contributed by atoms with Crippen LogP contribution in [0.4, 0.5) is 0 Å². The number of hydrogen-bond donors (Lipinski definition) is 3. The molecule has 4 heteroatoms. The Morgan fingerprint density at radius 1 is 1.78 bits per heavy atom. The third-order valence-electron chi connectivity index (χ3n) is 1.27. The molecule has 4 N–H and O–H groups in total. The fourth-order valence-electron chi connectivity index (χ4n) is 0.918. The van der Waals surface area contributed by atoms with Crippen molar-refractivity contribution in [2.75, 3.05) is 0 Å². The summed E-state index contributed by atoms with van der Waals surface area (Å²) in [5, 5.41) is 5.49. The van der Waals surface area contributed by atoms with E-state index in [1.807, 2.05) is 6.92 Å². The van der Waals surface area contributed by atoms with Gasteiger partial charge in [-0.3, -0.25) is 15.8 Å². The lowest BCUT2D eigenvalue weighted by atomic mass is 10.2. The molecule has 0 spiro atoms. The molecule has 0 aromatic carbocycles. The fourth-order valence-corrected chi connectivity index (χ4v) is 0.918. The van der Waals surface area contributed by atoms with Gasteiger partial charge in [0.05, 0.1) is 0 Å². The van der Waals surface area contributed by atoms with Crippen LogP contribution in [-0.4, -0.2) is 18.2 Å². The molecule has 9 heavy (non-hydrogen) atoms. The van der Waals surface area contributed by atoms with Crippen molar-refractivity contribution in [1.29, 1.82) is 0 Å². The highest BCUT2D eigenvalue weighted by atomic mass is 16.2. The maximum Gasteiger partial charge on any atom is 0.223 e. The van der Waals surface area contributed by atoms with Gasteiger partial charge in [-0.1, -0.05) is 0 Å². The first kappa shape index (κ1) is 6.51. The third-order valence-corrected chi connectivity index (χ3v) is 1.27. The highest BCUT2D eigenvalue weighted by molar-refractivity contribution is 5.77. The third kappa shape index (κ3) is 1.65. The molecule has 1 rings (SSSR count). The zero-order chi connectivity index (χ0) is 6.85. The molecule has 1 amide bonds. The number of carbonyl (C=O) groups is 1. The van der Waals surface area contributed by atoms with Gasteiger partial charge < -0.3 is 5.32 Å². The first-order chi connectivity index (χ1) is 4.18. The van der Waals surface area contributed by atoms with Gasteiger partial charge in [-0.05, 0) is 6.92 Å². The number of nitrogens with one attached hydrogen (secondary N) is 2. The van der Waals surface area contributed by atoms with Gasteiger partial charge in [-0.2, -0.15) is 0 Å². The molecule has 1 fully saturated rings. The number of amides is 1. The number of rotatable bonds is 0. The second-order valence-corrected chi connectivity index (χ2v) is 2.32. The van der Waals surface area contributed by atoms with Crippen molar-refractivity contribution in [3.63, 3.8) is 0 Å². The molecule has 4 nitrogen and oxygen atoms in total. The van der Waals surface area contributed by atoms with Crippen molar-refractivity contribution in [2.24, 2.45) is 5.73 Å². The van der Waals surface area contributed by atoms with E-state index in [9.17, 15) is 4.79 Å². The number of hydrogen-bond acceptors (Lipinski definition) is 3. The largest absolute Gasteiger partial charge is 0.328 e. The van der Waals surface area contributed by atoms with Gasteiger partial charge in [0, 0.05) is 12.5 Å². The molecule has 0 aliphatic carbocycles. The molecule has 0 saturated carbocycles. The van der Waals surface area contributed by atoms with E-state index in [-0.39, 0.29) is 18.2 Å². The van der Waals surface area contributed by atoms with Crippen molar-refractivity contribution < 1.29 is 4.79 Å². The lowest BCUT2D eigenvalue weighted by molar-refractivity contribution is -0.124. The Labute approximate surface area is 53.8 Å². The normalized spacial score (nSPS) is 36.0. The van der Waals surface area contributed by atoms with Crippen LogP contribution in [-0.2, 0) is 4.79 Å². The summed E-state index contributed by atoms with van der Waals surface area (Å²) in [6.45, 7) is 1.93. The van der Waals surface area contributed by atoms with E-state index < -0.39 is 0 Å². The second kappa shape index (κ2) is 2.33. The Hall–Kier alpha value is -0.610. The Morgan fingerprint density at radius 3 is 2.89 bits per heavy atom. The van der Waals surface area contributed by atoms with E-state index in [0.717, 1.165) is 0 Å². The summed E-state index contributed by atoms with van der Waals surface area (Å²) in [5.74, 6) is 0.0220. The van der Waals surface area contributed by atoms with E-state index >= 15 is 0 Å². The quantitative estimate of drug-likeness (QED) is 0.382. The van der Waals surface area contributed by atoms with Crippen LogP contribution in [0.5, 0.6) is 0 Å². The maximum atomic E-state index is 10.7. The van der Waals surface area contributed by atoms with E-state index in [1.165, 1.54) is 0 Å². The molecule has 1 aliphatic heterocycles. The average Bonchev–Trinajstić information content (AvgIpc) is 1.59. The van der Waals surface area contributed by atoms with Crippen molar-refractivity contribution in [1.82, 2.24) is 10.6 Å². The minimum absolute atomic E-state index is 0.0220. The van der Waals surface area contributed by atoms with Crippen molar-refractivity contribution in [3.05, 3.63) is 0 Å². The summed E-state index contributed by atoms with van der Waals surface area (Å²) < 4.78 is 0. The molecule has 0 bridgehead atoms.